The predicted octanol–water partition coefficient (Wildman–Crippen LogP) is 4.53. The minimum absolute atomic E-state index is 0.314. The summed E-state index contributed by atoms with van der Waals surface area (Å²) in [4.78, 5) is 11.0. The quantitative estimate of drug-likeness (QED) is 0.836. The Kier molecular flexibility index (Phi) is 5.25. The van der Waals surface area contributed by atoms with Gasteiger partial charge in [-0.3, -0.25) is 0 Å². The number of anilines is 1. The lowest BCUT2D eigenvalue weighted by molar-refractivity contribution is 0.0697. The fourth-order valence-electron chi connectivity index (χ4n) is 2.71. The molecule has 0 unspecified atom stereocenters. The van der Waals surface area contributed by atoms with E-state index in [1.807, 2.05) is 6.07 Å². The molecule has 0 amide bonds. The van der Waals surface area contributed by atoms with Crippen molar-refractivity contribution in [2.45, 2.75) is 38.5 Å². The lowest BCUT2D eigenvalue weighted by atomic mass is 9.87. The number of hydrogen-bond acceptors (Lipinski definition) is 2. The average Bonchev–Trinajstić information content (AvgIpc) is 2.39. The van der Waals surface area contributed by atoms with E-state index in [-0.39, 0.29) is 0 Å². The van der Waals surface area contributed by atoms with Gasteiger partial charge in [0, 0.05) is 16.7 Å². The molecule has 1 aromatic rings. The molecule has 0 aromatic heterocycles. The van der Waals surface area contributed by atoms with E-state index in [4.69, 9.17) is 5.11 Å². The molecule has 0 atom stereocenters. The maximum Gasteiger partial charge on any atom is 0.335 e. The summed E-state index contributed by atoms with van der Waals surface area (Å²) in [5, 5.41) is 12.3. The van der Waals surface area contributed by atoms with Crippen LogP contribution in [0.25, 0.3) is 0 Å². The van der Waals surface area contributed by atoms with Crippen LogP contribution in [-0.2, 0) is 0 Å². The smallest absolute Gasteiger partial charge is 0.335 e. The molecule has 19 heavy (non-hydrogen) atoms. The molecule has 0 heterocycles. The van der Waals surface area contributed by atoms with Gasteiger partial charge >= 0.3 is 5.97 Å². The molecular weight excluding hydrogens is 306 g/mol. The van der Waals surface area contributed by atoms with Crippen molar-refractivity contribution in [3.8, 4) is 0 Å². The number of benzene rings is 1. The third-order valence-corrected chi connectivity index (χ3v) is 4.21. The molecule has 2 N–H and O–H groups in total. The average molecular weight is 326 g/mol. The predicted molar refractivity (Wildman–Crippen MR) is 80.8 cm³/mol. The Labute approximate surface area is 122 Å². The first kappa shape index (κ1) is 14.4. The van der Waals surface area contributed by atoms with Crippen LogP contribution in [-0.4, -0.2) is 17.6 Å². The highest BCUT2D eigenvalue weighted by Crippen LogP contribution is 2.26. The standard InChI is InChI=1S/C15H20BrNO2/c16-13-8-12(15(18)19)9-14(10-13)17-7-6-11-4-2-1-3-5-11/h8-11,17H,1-7H2,(H,18,19). The first-order valence-electron chi connectivity index (χ1n) is 6.93. The second-order valence-electron chi connectivity index (χ2n) is 5.25. The minimum atomic E-state index is -0.892. The molecule has 0 saturated heterocycles. The number of nitrogens with one attached hydrogen (secondary N) is 1. The number of aromatic carboxylic acids is 1. The molecule has 2 rings (SSSR count). The number of hydrogen-bond donors (Lipinski definition) is 2. The maximum absolute atomic E-state index is 11.0. The van der Waals surface area contributed by atoms with Crippen LogP contribution >= 0.6 is 15.9 Å². The molecule has 1 aliphatic carbocycles. The number of halogens is 1. The van der Waals surface area contributed by atoms with Crippen LogP contribution in [0.5, 0.6) is 0 Å². The highest BCUT2D eigenvalue weighted by atomic mass is 79.9. The van der Waals surface area contributed by atoms with Crippen LogP contribution in [0.3, 0.4) is 0 Å². The van der Waals surface area contributed by atoms with Crippen molar-refractivity contribution in [3.05, 3.63) is 28.2 Å². The molecule has 0 radical (unpaired) electrons. The molecule has 1 fully saturated rings. The van der Waals surface area contributed by atoms with E-state index in [0.717, 1.165) is 22.6 Å². The Bertz CT molecular complexity index is 442. The zero-order valence-electron chi connectivity index (χ0n) is 11.0. The van der Waals surface area contributed by atoms with E-state index >= 15 is 0 Å². The lowest BCUT2D eigenvalue weighted by Gasteiger charge is -2.21. The number of rotatable bonds is 5. The fourth-order valence-corrected chi connectivity index (χ4v) is 3.20. The van der Waals surface area contributed by atoms with E-state index in [0.29, 0.717) is 5.56 Å². The van der Waals surface area contributed by atoms with Crippen molar-refractivity contribution in [1.82, 2.24) is 0 Å². The van der Waals surface area contributed by atoms with E-state index in [1.54, 1.807) is 12.1 Å². The first-order valence-corrected chi connectivity index (χ1v) is 7.72. The van der Waals surface area contributed by atoms with Gasteiger partial charge in [0.05, 0.1) is 5.56 Å². The Morgan fingerprint density at radius 2 is 2.00 bits per heavy atom. The van der Waals surface area contributed by atoms with Crippen molar-refractivity contribution in [2.24, 2.45) is 5.92 Å². The lowest BCUT2D eigenvalue weighted by Crippen LogP contribution is -2.12. The molecule has 0 aliphatic heterocycles. The van der Waals surface area contributed by atoms with Gasteiger partial charge in [0.1, 0.15) is 0 Å². The Balaban J connectivity index is 1.86. The number of carboxylic acid groups (broad SMARTS) is 1. The second-order valence-corrected chi connectivity index (χ2v) is 6.17. The molecule has 1 aliphatic rings. The summed E-state index contributed by atoms with van der Waals surface area (Å²) >= 11 is 3.35. The van der Waals surface area contributed by atoms with Gasteiger partial charge < -0.3 is 10.4 Å². The Morgan fingerprint density at radius 3 is 2.68 bits per heavy atom. The third-order valence-electron chi connectivity index (χ3n) is 3.75. The van der Waals surface area contributed by atoms with E-state index in [9.17, 15) is 4.79 Å². The van der Waals surface area contributed by atoms with Crippen molar-refractivity contribution in [1.29, 1.82) is 0 Å². The second kappa shape index (κ2) is 6.94. The first-order chi connectivity index (χ1) is 9.15. The van der Waals surface area contributed by atoms with Gasteiger partial charge in [0.15, 0.2) is 0 Å². The van der Waals surface area contributed by atoms with Crippen LogP contribution in [0.1, 0.15) is 48.9 Å². The van der Waals surface area contributed by atoms with Crippen LogP contribution in [0.2, 0.25) is 0 Å². The molecule has 104 valence electrons. The zero-order chi connectivity index (χ0) is 13.7. The van der Waals surface area contributed by atoms with E-state index in [2.05, 4.69) is 21.2 Å². The summed E-state index contributed by atoms with van der Waals surface area (Å²) in [6, 6.07) is 5.23. The van der Waals surface area contributed by atoms with Gasteiger partial charge in [-0.1, -0.05) is 48.0 Å². The molecule has 1 saturated carbocycles. The monoisotopic (exact) mass is 325 g/mol. The summed E-state index contributed by atoms with van der Waals surface area (Å²) in [7, 11) is 0. The number of carboxylic acids is 1. The van der Waals surface area contributed by atoms with Crippen LogP contribution in [0.4, 0.5) is 5.69 Å². The summed E-state index contributed by atoms with van der Waals surface area (Å²) in [5.74, 6) is -0.0519. The molecule has 1 aromatic carbocycles. The molecular formula is C15H20BrNO2. The van der Waals surface area contributed by atoms with Crippen LogP contribution < -0.4 is 5.32 Å². The van der Waals surface area contributed by atoms with Crippen molar-refractivity contribution in [3.63, 3.8) is 0 Å². The van der Waals surface area contributed by atoms with Crippen LogP contribution in [0.15, 0.2) is 22.7 Å². The highest BCUT2D eigenvalue weighted by molar-refractivity contribution is 9.10. The van der Waals surface area contributed by atoms with Gasteiger partial charge in [-0.05, 0) is 30.5 Å². The number of carbonyl (C=O) groups is 1. The molecule has 0 bridgehead atoms. The SMILES string of the molecule is O=C(O)c1cc(Br)cc(NCCC2CCCCC2)c1. The minimum Gasteiger partial charge on any atom is -0.478 e. The van der Waals surface area contributed by atoms with Gasteiger partial charge in [0.25, 0.3) is 0 Å². The van der Waals surface area contributed by atoms with Gasteiger partial charge in [-0.15, -0.1) is 0 Å². The van der Waals surface area contributed by atoms with E-state index < -0.39 is 5.97 Å². The Morgan fingerprint density at radius 1 is 1.26 bits per heavy atom. The largest absolute Gasteiger partial charge is 0.478 e. The highest BCUT2D eigenvalue weighted by Gasteiger charge is 2.13. The topological polar surface area (TPSA) is 49.3 Å². The zero-order valence-corrected chi connectivity index (χ0v) is 12.6. The molecule has 4 heteroatoms. The van der Waals surface area contributed by atoms with Gasteiger partial charge in [-0.2, -0.15) is 0 Å². The van der Waals surface area contributed by atoms with Crippen molar-refractivity contribution >= 4 is 27.6 Å². The molecule has 0 spiro atoms. The Hall–Kier alpha value is -1.03. The van der Waals surface area contributed by atoms with Crippen molar-refractivity contribution < 1.29 is 9.90 Å². The summed E-state index contributed by atoms with van der Waals surface area (Å²) in [5.41, 5.74) is 1.19. The summed E-state index contributed by atoms with van der Waals surface area (Å²) in [6.45, 7) is 0.917. The van der Waals surface area contributed by atoms with Gasteiger partial charge in [0.2, 0.25) is 0 Å². The van der Waals surface area contributed by atoms with Crippen molar-refractivity contribution in [2.75, 3.05) is 11.9 Å². The van der Waals surface area contributed by atoms with Crippen LogP contribution in [0, 0.1) is 5.92 Å². The van der Waals surface area contributed by atoms with Gasteiger partial charge in [-0.25, -0.2) is 4.79 Å². The maximum atomic E-state index is 11.0. The van der Waals surface area contributed by atoms with E-state index in [1.165, 1.54) is 38.5 Å². The fraction of sp³-hybridized carbons (Fsp3) is 0.533. The normalized spacial score (nSPS) is 16.3. The summed E-state index contributed by atoms with van der Waals surface area (Å²) < 4.78 is 0.799. The molecule has 3 nitrogen and oxygen atoms in total. The third kappa shape index (κ3) is 4.53. The summed E-state index contributed by atoms with van der Waals surface area (Å²) in [6.07, 6.45) is 7.99.